The van der Waals surface area contributed by atoms with Crippen LogP contribution >= 0.6 is 0 Å². The molecule has 7 nitrogen and oxygen atoms in total. The van der Waals surface area contributed by atoms with Crippen LogP contribution in [0.4, 0.5) is 15.9 Å². The molecule has 0 bridgehead atoms. The van der Waals surface area contributed by atoms with Crippen molar-refractivity contribution in [2.45, 2.75) is 27.7 Å². The van der Waals surface area contributed by atoms with E-state index in [-0.39, 0.29) is 28.0 Å². The van der Waals surface area contributed by atoms with Gasteiger partial charge in [-0.15, -0.1) is 0 Å². The Bertz CT molecular complexity index is 1050. The molecule has 2 aromatic heterocycles. The molecule has 0 atom stereocenters. The SMILES string of the molecule is CC.COC(=O)c1c(Nc2ccc(C)cc2F)n(C)c(=O)c2c(C)noc12. The van der Waals surface area contributed by atoms with Gasteiger partial charge in [0.15, 0.2) is 5.58 Å². The lowest BCUT2D eigenvalue weighted by molar-refractivity contribution is 0.0601. The molecular weight excluding hydrogens is 353 g/mol. The van der Waals surface area contributed by atoms with Gasteiger partial charge in [-0.1, -0.05) is 25.1 Å². The van der Waals surface area contributed by atoms with E-state index in [9.17, 15) is 14.0 Å². The number of carbonyl (C=O) groups is 1. The number of nitrogens with zero attached hydrogens (tertiary/aromatic N) is 2. The number of pyridine rings is 1. The first-order valence-electron chi connectivity index (χ1n) is 8.45. The van der Waals surface area contributed by atoms with Crippen LogP contribution in [0.3, 0.4) is 0 Å². The van der Waals surface area contributed by atoms with Crippen LogP contribution in [0.5, 0.6) is 0 Å². The Balaban J connectivity index is 0.00000126. The molecular formula is C19H22FN3O4. The van der Waals surface area contributed by atoms with Crippen LogP contribution < -0.4 is 10.9 Å². The van der Waals surface area contributed by atoms with Crippen molar-refractivity contribution in [2.24, 2.45) is 7.05 Å². The minimum Gasteiger partial charge on any atom is -0.465 e. The van der Waals surface area contributed by atoms with E-state index in [1.54, 1.807) is 19.9 Å². The quantitative estimate of drug-likeness (QED) is 0.700. The summed E-state index contributed by atoms with van der Waals surface area (Å²) in [5.41, 5.74) is 0.765. The lowest BCUT2D eigenvalue weighted by Crippen LogP contribution is -2.23. The molecule has 0 saturated carbocycles. The number of carbonyl (C=O) groups excluding carboxylic acids is 1. The summed E-state index contributed by atoms with van der Waals surface area (Å²) in [5, 5.41) is 6.73. The fourth-order valence-electron chi connectivity index (χ4n) is 2.62. The summed E-state index contributed by atoms with van der Waals surface area (Å²) < 4.78 is 25.4. The van der Waals surface area contributed by atoms with Crippen molar-refractivity contribution in [2.75, 3.05) is 12.4 Å². The molecule has 0 amide bonds. The number of anilines is 2. The van der Waals surface area contributed by atoms with Crippen LogP contribution in [0.25, 0.3) is 11.0 Å². The Kier molecular flexibility index (Phi) is 5.99. The second-order valence-electron chi connectivity index (χ2n) is 5.66. The van der Waals surface area contributed by atoms with Gasteiger partial charge in [0.2, 0.25) is 0 Å². The van der Waals surface area contributed by atoms with E-state index in [0.29, 0.717) is 5.69 Å². The highest BCUT2D eigenvalue weighted by Crippen LogP contribution is 2.29. The van der Waals surface area contributed by atoms with E-state index >= 15 is 0 Å². The summed E-state index contributed by atoms with van der Waals surface area (Å²) in [7, 11) is 2.67. The monoisotopic (exact) mass is 375 g/mol. The van der Waals surface area contributed by atoms with Crippen molar-refractivity contribution in [3.63, 3.8) is 0 Å². The van der Waals surface area contributed by atoms with Crippen molar-refractivity contribution in [3.05, 3.63) is 51.2 Å². The number of hydrogen-bond acceptors (Lipinski definition) is 6. The van der Waals surface area contributed by atoms with Crippen LogP contribution in [-0.2, 0) is 11.8 Å². The van der Waals surface area contributed by atoms with E-state index < -0.39 is 17.3 Å². The number of nitrogens with one attached hydrogen (secondary N) is 1. The van der Waals surface area contributed by atoms with Crippen molar-refractivity contribution < 1.29 is 18.4 Å². The van der Waals surface area contributed by atoms with Crippen LogP contribution in [0.1, 0.15) is 35.5 Å². The number of aryl methyl sites for hydroxylation is 2. The summed E-state index contributed by atoms with van der Waals surface area (Å²) in [5.74, 6) is -1.19. The lowest BCUT2D eigenvalue weighted by Gasteiger charge is -2.15. The molecule has 1 aromatic carbocycles. The third kappa shape index (κ3) is 3.55. The largest absolute Gasteiger partial charge is 0.465 e. The van der Waals surface area contributed by atoms with Gasteiger partial charge in [-0.3, -0.25) is 9.36 Å². The molecule has 8 heteroatoms. The smallest absolute Gasteiger partial charge is 0.345 e. The van der Waals surface area contributed by atoms with Gasteiger partial charge in [-0.25, -0.2) is 9.18 Å². The number of ether oxygens (including phenoxy) is 1. The molecule has 0 fully saturated rings. The Morgan fingerprint density at radius 3 is 2.56 bits per heavy atom. The van der Waals surface area contributed by atoms with Crippen molar-refractivity contribution in [1.29, 1.82) is 0 Å². The molecule has 0 radical (unpaired) electrons. The summed E-state index contributed by atoms with van der Waals surface area (Å²) in [6.45, 7) is 7.35. The molecule has 144 valence electrons. The molecule has 0 aliphatic rings. The Hall–Kier alpha value is -3.16. The Morgan fingerprint density at radius 2 is 1.96 bits per heavy atom. The molecule has 1 N–H and O–H groups in total. The Labute approximate surface area is 155 Å². The number of aromatic nitrogens is 2. The van der Waals surface area contributed by atoms with E-state index in [0.717, 1.165) is 5.56 Å². The van der Waals surface area contributed by atoms with Crippen molar-refractivity contribution >= 4 is 28.4 Å². The number of rotatable bonds is 3. The van der Waals surface area contributed by atoms with Gasteiger partial charge < -0.3 is 14.6 Å². The number of benzene rings is 1. The van der Waals surface area contributed by atoms with E-state index in [1.165, 1.54) is 30.9 Å². The normalized spacial score (nSPS) is 10.3. The molecule has 0 spiro atoms. The topological polar surface area (TPSA) is 86.4 Å². The highest BCUT2D eigenvalue weighted by molar-refractivity contribution is 6.07. The van der Waals surface area contributed by atoms with Crippen molar-refractivity contribution in [3.8, 4) is 0 Å². The zero-order chi connectivity index (χ0) is 20.3. The average Bonchev–Trinajstić information content (AvgIpc) is 3.04. The van der Waals surface area contributed by atoms with Crippen LogP contribution in [0, 0.1) is 19.7 Å². The van der Waals surface area contributed by atoms with E-state index in [2.05, 4.69) is 10.5 Å². The molecule has 0 unspecified atom stereocenters. The molecule has 0 aliphatic heterocycles. The number of fused-ring (bicyclic) bond motifs is 1. The molecule has 2 heterocycles. The van der Waals surface area contributed by atoms with Gasteiger partial charge in [0.05, 0.1) is 18.5 Å². The molecule has 27 heavy (non-hydrogen) atoms. The number of methoxy groups -OCH3 is 1. The first-order valence-corrected chi connectivity index (χ1v) is 8.45. The highest BCUT2D eigenvalue weighted by atomic mass is 19.1. The minimum absolute atomic E-state index is 0.00229. The molecule has 3 aromatic rings. The summed E-state index contributed by atoms with van der Waals surface area (Å²) in [6, 6.07) is 4.57. The number of hydrogen-bond donors (Lipinski definition) is 1. The average molecular weight is 375 g/mol. The van der Waals surface area contributed by atoms with Crippen LogP contribution in [-0.4, -0.2) is 22.8 Å². The summed E-state index contributed by atoms with van der Waals surface area (Å²) >= 11 is 0. The summed E-state index contributed by atoms with van der Waals surface area (Å²) in [6.07, 6.45) is 0. The van der Waals surface area contributed by atoms with Gasteiger partial charge in [0.1, 0.15) is 22.6 Å². The van der Waals surface area contributed by atoms with Gasteiger partial charge in [-0.2, -0.15) is 0 Å². The van der Waals surface area contributed by atoms with Gasteiger partial charge in [-0.05, 0) is 31.5 Å². The predicted octanol–water partition coefficient (Wildman–Crippen LogP) is 3.84. The van der Waals surface area contributed by atoms with E-state index in [4.69, 9.17) is 9.26 Å². The molecule has 0 saturated heterocycles. The second-order valence-corrected chi connectivity index (χ2v) is 5.66. The minimum atomic E-state index is -0.730. The molecule has 0 aliphatic carbocycles. The van der Waals surface area contributed by atoms with Crippen LogP contribution in [0.2, 0.25) is 0 Å². The standard InChI is InChI=1S/C17H16FN3O4.C2H6/c1-8-5-6-11(10(18)7-8)19-15-13(17(23)24-4)14-12(9(2)20-25-14)16(22)21(15)3;1-2/h5-7,19H,1-4H3;1-2H3. The summed E-state index contributed by atoms with van der Waals surface area (Å²) in [4.78, 5) is 24.9. The maximum Gasteiger partial charge on any atom is 0.345 e. The Morgan fingerprint density at radius 1 is 1.30 bits per heavy atom. The van der Waals surface area contributed by atoms with Crippen LogP contribution in [0.15, 0.2) is 27.5 Å². The first-order chi connectivity index (χ1) is 12.8. The zero-order valence-corrected chi connectivity index (χ0v) is 16.1. The fraction of sp³-hybridized carbons (Fsp3) is 0.316. The maximum absolute atomic E-state index is 14.2. The van der Waals surface area contributed by atoms with Gasteiger partial charge in [0.25, 0.3) is 5.56 Å². The zero-order valence-electron chi connectivity index (χ0n) is 16.1. The number of halogens is 1. The highest BCUT2D eigenvalue weighted by Gasteiger charge is 2.26. The third-order valence-corrected chi connectivity index (χ3v) is 3.95. The van der Waals surface area contributed by atoms with Gasteiger partial charge in [0, 0.05) is 7.05 Å². The maximum atomic E-state index is 14.2. The van der Waals surface area contributed by atoms with Gasteiger partial charge >= 0.3 is 5.97 Å². The lowest BCUT2D eigenvalue weighted by atomic mass is 10.1. The molecule has 3 rings (SSSR count). The fourth-order valence-corrected chi connectivity index (χ4v) is 2.62. The third-order valence-electron chi connectivity index (χ3n) is 3.95. The first kappa shape index (κ1) is 20.2. The van der Waals surface area contributed by atoms with Crippen molar-refractivity contribution in [1.82, 2.24) is 9.72 Å². The van der Waals surface area contributed by atoms with E-state index in [1.807, 2.05) is 13.8 Å². The second kappa shape index (κ2) is 8.03. The predicted molar refractivity (Wildman–Crippen MR) is 101 cm³/mol. The number of esters is 1.